The first-order valence-electron chi connectivity index (χ1n) is 6.18. The quantitative estimate of drug-likeness (QED) is 0.896. The Labute approximate surface area is 111 Å². The maximum Gasteiger partial charge on any atom is 0.426 e. The Kier molecular flexibility index (Phi) is 3.06. The Morgan fingerprint density at radius 2 is 1.63 bits per heavy atom. The minimum Gasteiger partial charge on any atom is -0.438 e. The van der Waals surface area contributed by atoms with Crippen LogP contribution in [0.2, 0.25) is 0 Å². The van der Waals surface area contributed by atoms with Gasteiger partial charge in [-0.2, -0.15) is 0 Å². The zero-order chi connectivity index (χ0) is 13.1. The number of ether oxygens (including phenoxy) is 1. The summed E-state index contributed by atoms with van der Waals surface area (Å²) in [5.41, 5.74) is 4.65. The number of carbonyl (C=O) groups excluding carboxylic acids is 1. The van der Waals surface area contributed by atoms with Gasteiger partial charge in [-0.25, -0.2) is 10.2 Å². The van der Waals surface area contributed by atoms with Crippen molar-refractivity contribution in [2.24, 2.45) is 0 Å². The Bertz CT molecular complexity index is 507. The fraction of sp³-hybridized carbons (Fsp3) is 0.133. The third kappa shape index (κ3) is 2.52. The summed E-state index contributed by atoms with van der Waals surface area (Å²) in [4.78, 5) is 11.7. The van der Waals surface area contributed by atoms with Crippen molar-refractivity contribution in [3.63, 3.8) is 0 Å². The van der Waals surface area contributed by atoms with Gasteiger partial charge in [-0.3, -0.25) is 5.01 Å². The van der Waals surface area contributed by atoms with E-state index in [4.69, 9.17) is 4.74 Å². The number of hydrogen-bond donors (Lipinski definition) is 1. The molecule has 19 heavy (non-hydrogen) atoms. The van der Waals surface area contributed by atoms with Gasteiger partial charge in [-0.15, -0.1) is 0 Å². The van der Waals surface area contributed by atoms with Gasteiger partial charge in [0.25, 0.3) is 0 Å². The average Bonchev–Trinajstić information content (AvgIpc) is 2.48. The second kappa shape index (κ2) is 5.02. The Balaban J connectivity index is 1.84. The zero-order valence-corrected chi connectivity index (χ0v) is 10.3. The molecule has 0 bridgehead atoms. The standard InChI is InChI=1S/C15H14N2O2/c18-15-16-17(13-9-5-2-6-10-13)11-14(19-15)12-7-3-1-4-8-12/h1-10,14H,11H2,(H,16,18). The summed E-state index contributed by atoms with van der Waals surface area (Å²) < 4.78 is 5.33. The molecule has 1 atom stereocenters. The minimum atomic E-state index is -0.427. The Morgan fingerprint density at radius 1 is 1.00 bits per heavy atom. The number of benzene rings is 2. The number of amides is 1. The Morgan fingerprint density at radius 3 is 2.32 bits per heavy atom. The van der Waals surface area contributed by atoms with E-state index >= 15 is 0 Å². The van der Waals surface area contributed by atoms with Gasteiger partial charge >= 0.3 is 6.09 Å². The molecule has 4 heteroatoms. The normalized spacial score (nSPS) is 18.6. The van der Waals surface area contributed by atoms with Crippen LogP contribution in [0, 0.1) is 0 Å². The molecule has 1 aliphatic rings. The molecule has 1 unspecified atom stereocenters. The van der Waals surface area contributed by atoms with Crippen molar-refractivity contribution in [2.75, 3.05) is 11.6 Å². The lowest BCUT2D eigenvalue weighted by Crippen LogP contribution is -2.50. The number of nitrogens with one attached hydrogen (secondary N) is 1. The van der Waals surface area contributed by atoms with E-state index < -0.39 is 6.09 Å². The molecule has 0 aliphatic carbocycles. The summed E-state index contributed by atoms with van der Waals surface area (Å²) in [6.45, 7) is 0.583. The van der Waals surface area contributed by atoms with Gasteiger partial charge < -0.3 is 4.74 Å². The van der Waals surface area contributed by atoms with E-state index in [1.54, 1.807) is 0 Å². The van der Waals surface area contributed by atoms with E-state index in [1.807, 2.05) is 65.7 Å². The number of hydrogen-bond acceptors (Lipinski definition) is 3. The molecule has 3 rings (SSSR count). The molecule has 4 nitrogen and oxygen atoms in total. The van der Waals surface area contributed by atoms with Crippen molar-refractivity contribution in [3.8, 4) is 0 Å². The van der Waals surface area contributed by atoms with Crippen LogP contribution in [0.3, 0.4) is 0 Å². The fourth-order valence-electron chi connectivity index (χ4n) is 2.13. The summed E-state index contributed by atoms with van der Waals surface area (Å²) in [5, 5.41) is 1.81. The van der Waals surface area contributed by atoms with Crippen LogP contribution in [0.1, 0.15) is 11.7 Å². The lowest BCUT2D eigenvalue weighted by atomic mass is 10.1. The van der Waals surface area contributed by atoms with Crippen LogP contribution in [0.4, 0.5) is 10.5 Å². The number of anilines is 1. The van der Waals surface area contributed by atoms with E-state index in [9.17, 15) is 4.79 Å². The summed E-state index contributed by atoms with van der Waals surface area (Å²) >= 11 is 0. The molecule has 1 heterocycles. The number of rotatable bonds is 2. The van der Waals surface area contributed by atoms with Gasteiger partial charge in [0.05, 0.1) is 12.2 Å². The monoisotopic (exact) mass is 254 g/mol. The number of para-hydroxylation sites is 1. The maximum absolute atomic E-state index is 11.7. The highest BCUT2D eigenvalue weighted by Gasteiger charge is 2.27. The summed E-state index contributed by atoms with van der Waals surface area (Å²) in [5.74, 6) is 0. The highest BCUT2D eigenvalue weighted by atomic mass is 16.6. The zero-order valence-electron chi connectivity index (χ0n) is 10.3. The van der Waals surface area contributed by atoms with E-state index in [-0.39, 0.29) is 6.10 Å². The molecule has 1 N–H and O–H groups in total. The molecule has 2 aromatic carbocycles. The van der Waals surface area contributed by atoms with Gasteiger partial charge in [-0.1, -0.05) is 48.5 Å². The van der Waals surface area contributed by atoms with Crippen LogP contribution in [0.5, 0.6) is 0 Å². The molecule has 0 radical (unpaired) electrons. The molecule has 0 spiro atoms. The molecule has 2 aromatic rings. The van der Waals surface area contributed by atoms with E-state index in [1.165, 1.54) is 0 Å². The SMILES string of the molecule is O=C1NN(c2ccccc2)CC(c2ccccc2)O1. The minimum absolute atomic E-state index is 0.254. The fourth-order valence-corrected chi connectivity index (χ4v) is 2.13. The molecule has 96 valence electrons. The van der Waals surface area contributed by atoms with Crippen LogP contribution in [0.15, 0.2) is 60.7 Å². The van der Waals surface area contributed by atoms with Crippen LogP contribution in [0.25, 0.3) is 0 Å². The summed E-state index contributed by atoms with van der Waals surface area (Å²) in [7, 11) is 0. The topological polar surface area (TPSA) is 41.6 Å². The highest BCUT2D eigenvalue weighted by molar-refractivity contribution is 5.72. The molecule has 1 saturated heterocycles. The molecular weight excluding hydrogens is 240 g/mol. The molecule has 0 aromatic heterocycles. The lowest BCUT2D eigenvalue weighted by molar-refractivity contribution is 0.0797. The first-order chi connectivity index (χ1) is 9.33. The van der Waals surface area contributed by atoms with Crippen molar-refractivity contribution in [1.29, 1.82) is 0 Å². The predicted octanol–water partition coefficient (Wildman–Crippen LogP) is 2.89. The average molecular weight is 254 g/mol. The first-order valence-corrected chi connectivity index (χ1v) is 6.18. The number of cyclic esters (lactones) is 1. The third-order valence-electron chi connectivity index (χ3n) is 3.06. The molecule has 1 amide bonds. The van der Waals surface area contributed by atoms with E-state index in [0.29, 0.717) is 6.54 Å². The second-order valence-corrected chi connectivity index (χ2v) is 4.36. The third-order valence-corrected chi connectivity index (χ3v) is 3.06. The summed E-state index contributed by atoms with van der Waals surface area (Å²) in [6.07, 6.45) is -0.681. The van der Waals surface area contributed by atoms with Crippen LogP contribution >= 0.6 is 0 Å². The van der Waals surface area contributed by atoms with Gasteiger partial charge in [0.1, 0.15) is 6.10 Å². The van der Waals surface area contributed by atoms with Gasteiger partial charge in [0, 0.05) is 0 Å². The summed E-state index contributed by atoms with van der Waals surface area (Å²) in [6, 6.07) is 19.5. The van der Waals surface area contributed by atoms with Gasteiger partial charge in [-0.05, 0) is 17.7 Å². The maximum atomic E-state index is 11.7. The van der Waals surface area contributed by atoms with Crippen molar-refractivity contribution < 1.29 is 9.53 Å². The lowest BCUT2D eigenvalue weighted by Gasteiger charge is -2.34. The number of hydrazine groups is 1. The molecule has 1 fully saturated rings. The van der Waals surface area contributed by atoms with Gasteiger partial charge in [0.2, 0.25) is 0 Å². The highest BCUT2D eigenvalue weighted by Crippen LogP contribution is 2.24. The molecular formula is C15H14N2O2. The van der Waals surface area contributed by atoms with E-state index in [2.05, 4.69) is 5.43 Å². The van der Waals surface area contributed by atoms with Crippen molar-refractivity contribution in [3.05, 3.63) is 66.2 Å². The van der Waals surface area contributed by atoms with Crippen molar-refractivity contribution >= 4 is 11.8 Å². The van der Waals surface area contributed by atoms with Crippen LogP contribution < -0.4 is 10.4 Å². The van der Waals surface area contributed by atoms with Crippen LogP contribution in [-0.2, 0) is 4.74 Å². The number of carbonyl (C=O) groups is 1. The smallest absolute Gasteiger partial charge is 0.426 e. The predicted molar refractivity (Wildman–Crippen MR) is 72.6 cm³/mol. The first kappa shape index (κ1) is 11.6. The van der Waals surface area contributed by atoms with E-state index in [0.717, 1.165) is 11.3 Å². The molecule has 1 aliphatic heterocycles. The molecule has 0 saturated carbocycles. The second-order valence-electron chi connectivity index (χ2n) is 4.36. The largest absolute Gasteiger partial charge is 0.438 e. The number of nitrogens with zero attached hydrogens (tertiary/aromatic N) is 1. The van der Waals surface area contributed by atoms with Crippen molar-refractivity contribution in [2.45, 2.75) is 6.10 Å². The van der Waals surface area contributed by atoms with Crippen molar-refractivity contribution in [1.82, 2.24) is 5.43 Å². The van der Waals surface area contributed by atoms with Crippen LogP contribution in [-0.4, -0.2) is 12.6 Å². The van der Waals surface area contributed by atoms with Gasteiger partial charge in [0.15, 0.2) is 0 Å². The Hall–Kier alpha value is -2.49.